The first-order chi connectivity index (χ1) is 10.5. The van der Waals surface area contributed by atoms with Crippen LogP contribution in [0, 0.1) is 0 Å². The minimum Gasteiger partial charge on any atom is -0.497 e. The molecular formula is C18H19ClO3. The zero-order valence-corrected chi connectivity index (χ0v) is 13.7. The Balaban J connectivity index is 1.81. The Morgan fingerprint density at radius 1 is 1.18 bits per heavy atom. The summed E-state index contributed by atoms with van der Waals surface area (Å²) in [6.07, 6.45) is 0.856. The molecule has 0 fully saturated rings. The average molecular weight is 319 g/mol. The standard InChI is InChI=1S/C18H19ClO3/c1-18(2)10-12-7-14(19)8-13(17(12)22-18)11-21-16-6-4-5-15(9-16)20-3/h4-9H,10-11H2,1-3H3. The van der Waals surface area contributed by atoms with Crippen molar-refractivity contribution in [1.82, 2.24) is 0 Å². The number of rotatable bonds is 4. The molecule has 116 valence electrons. The second kappa shape index (κ2) is 5.73. The Morgan fingerprint density at radius 2 is 1.95 bits per heavy atom. The van der Waals surface area contributed by atoms with E-state index in [9.17, 15) is 0 Å². The van der Waals surface area contributed by atoms with E-state index in [2.05, 4.69) is 13.8 Å². The molecule has 0 unspecified atom stereocenters. The molecule has 1 aliphatic rings. The van der Waals surface area contributed by atoms with Crippen LogP contribution in [-0.4, -0.2) is 12.7 Å². The SMILES string of the molecule is COc1cccc(OCc2cc(Cl)cc3c2OC(C)(C)C3)c1. The summed E-state index contributed by atoms with van der Waals surface area (Å²) < 4.78 is 17.1. The molecule has 2 aromatic carbocycles. The third kappa shape index (κ3) is 3.14. The summed E-state index contributed by atoms with van der Waals surface area (Å²) in [5.41, 5.74) is 1.91. The highest BCUT2D eigenvalue weighted by molar-refractivity contribution is 6.30. The largest absolute Gasteiger partial charge is 0.497 e. The van der Waals surface area contributed by atoms with Gasteiger partial charge in [0.1, 0.15) is 29.5 Å². The summed E-state index contributed by atoms with van der Waals surface area (Å²) in [6.45, 7) is 4.56. The molecule has 3 rings (SSSR count). The molecule has 0 bridgehead atoms. The van der Waals surface area contributed by atoms with Gasteiger partial charge in [0, 0.05) is 23.1 Å². The quantitative estimate of drug-likeness (QED) is 0.822. The number of ether oxygens (including phenoxy) is 3. The lowest BCUT2D eigenvalue weighted by Crippen LogP contribution is -2.25. The van der Waals surface area contributed by atoms with Crippen LogP contribution in [0.1, 0.15) is 25.0 Å². The summed E-state index contributed by atoms with van der Waals surface area (Å²) in [6, 6.07) is 11.4. The lowest BCUT2D eigenvalue weighted by atomic mass is 10.0. The third-order valence-electron chi connectivity index (χ3n) is 3.64. The van der Waals surface area contributed by atoms with Crippen LogP contribution < -0.4 is 14.2 Å². The first-order valence-corrected chi connectivity index (χ1v) is 7.62. The fourth-order valence-electron chi connectivity index (χ4n) is 2.70. The van der Waals surface area contributed by atoms with Gasteiger partial charge >= 0.3 is 0 Å². The van der Waals surface area contributed by atoms with E-state index in [-0.39, 0.29) is 5.60 Å². The van der Waals surface area contributed by atoms with Crippen LogP contribution in [0.2, 0.25) is 5.02 Å². The maximum atomic E-state index is 6.22. The van der Waals surface area contributed by atoms with Gasteiger partial charge < -0.3 is 14.2 Å². The number of hydrogen-bond acceptors (Lipinski definition) is 3. The van der Waals surface area contributed by atoms with E-state index < -0.39 is 0 Å². The summed E-state index contributed by atoms with van der Waals surface area (Å²) in [5.74, 6) is 2.42. The highest BCUT2D eigenvalue weighted by Gasteiger charge is 2.32. The Kier molecular flexibility index (Phi) is 3.92. The van der Waals surface area contributed by atoms with Gasteiger partial charge in [-0.3, -0.25) is 0 Å². The van der Waals surface area contributed by atoms with Crippen molar-refractivity contribution < 1.29 is 14.2 Å². The third-order valence-corrected chi connectivity index (χ3v) is 3.86. The van der Waals surface area contributed by atoms with E-state index in [0.29, 0.717) is 11.6 Å². The van der Waals surface area contributed by atoms with Gasteiger partial charge in [-0.25, -0.2) is 0 Å². The van der Waals surface area contributed by atoms with Gasteiger partial charge in [0.15, 0.2) is 0 Å². The van der Waals surface area contributed by atoms with Crippen LogP contribution in [0.5, 0.6) is 17.2 Å². The molecular weight excluding hydrogens is 300 g/mol. The Labute approximate surface area is 135 Å². The van der Waals surface area contributed by atoms with Crippen LogP contribution in [0.25, 0.3) is 0 Å². The van der Waals surface area contributed by atoms with Crippen LogP contribution >= 0.6 is 11.6 Å². The smallest absolute Gasteiger partial charge is 0.130 e. The van der Waals surface area contributed by atoms with E-state index in [4.69, 9.17) is 25.8 Å². The molecule has 0 amide bonds. The lowest BCUT2D eigenvalue weighted by Gasteiger charge is -2.18. The zero-order valence-electron chi connectivity index (χ0n) is 13.0. The van der Waals surface area contributed by atoms with Crippen LogP contribution in [0.15, 0.2) is 36.4 Å². The number of halogens is 1. The molecule has 1 heterocycles. The first-order valence-electron chi connectivity index (χ1n) is 7.24. The molecule has 0 aromatic heterocycles. The minimum absolute atomic E-state index is 0.197. The molecule has 22 heavy (non-hydrogen) atoms. The van der Waals surface area contributed by atoms with Crippen molar-refractivity contribution in [2.45, 2.75) is 32.5 Å². The highest BCUT2D eigenvalue weighted by atomic mass is 35.5. The van der Waals surface area contributed by atoms with Gasteiger partial charge in [0.2, 0.25) is 0 Å². The van der Waals surface area contributed by atoms with Gasteiger partial charge in [0.25, 0.3) is 0 Å². The van der Waals surface area contributed by atoms with Crippen LogP contribution in [0.3, 0.4) is 0 Å². The van der Waals surface area contributed by atoms with E-state index in [1.54, 1.807) is 7.11 Å². The number of fused-ring (bicyclic) bond motifs is 1. The van der Waals surface area contributed by atoms with Gasteiger partial charge in [-0.05, 0) is 43.7 Å². The predicted molar refractivity (Wildman–Crippen MR) is 87.2 cm³/mol. The molecule has 4 heteroatoms. The minimum atomic E-state index is -0.197. The maximum absolute atomic E-state index is 6.22. The molecule has 2 aromatic rings. The molecule has 0 saturated heterocycles. The second-order valence-corrected chi connectivity index (χ2v) is 6.50. The molecule has 0 N–H and O–H groups in total. The highest BCUT2D eigenvalue weighted by Crippen LogP contribution is 2.40. The topological polar surface area (TPSA) is 27.7 Å². The normalized spacial score (nSPS) is 15.1. The van der Waals surface area contributed by atoms with E-state index >= 15 is 0 Å². The predicted octanol–water partition coefficient (Wildman–Crippen LogP) is 4.64. The van der Waals surface area contributed by atoms with Crippen molar-refractivity contribution in [3.05, 3.63) is 52.5 Å². The lowest BCUT2D eigenvalue weighted by molar-refractivity contribution is 0.135. The number of methoxy groups -OCH3 is 1. The molecule has 0 radical (unpaired) electrons. The van der Waals surface area contributed by atoms with Gasteiger partial charge in [-0.1, -0.05) is 17.7 Å². The summed E-state index contributed by atoms with van der Waals surface area (Å²) >= 11 is 6.22. The number of benzene rings is 2. The zero-order chi connectivity index (χ0) is 15.7. The van der Waals surface area contributed by atoms with E-state index in [1.165, 1.54) is 0 Å². The van der Waals surface area contributed by atoms with Crippen LogP contribution in [0.4, 0.5) is 0 Å². The van der Waals surface area contributed by atoms with Crippen molar-refractivity contribution in [1.29, 1.82) is 0 Å². The first kappa shape index (κ1) is 15.0. The molecule has 0 spiro atoms. The second-order valence-electron chi connectivity index (χ2n) is 6.06. The average Bonchev–Trinajstić information content (AvgIpc) is 2.79. The van der Waals surface area contributed by atoms with Gasteiger partial charge in [0.05, 0.1) is 7.11 Å². The van der Waals surface area contributed by atoms with Crippen molar-refractivity contribution in [2.75, 3.05) is 7.11 Å². The fourth-order valence-corrected chi connectivity index (χ4v) is 2.97. The van der Waals surface area contributed by atoms with Crippen molar-refractivity contribution >= 4 is 11.6 Å². The molecule has 0 saturated carbocycles. The number of hydrogen-bond donors (Lipinski definition) is 0. The Morgan fingerprint density at radius 3 is 2.73 bits per heavy atom. The molecule has 0 aliphatic carbocycles. The summed E-state index contributed by atoms with van der Waals surface area (Å²) in [5, 5.41) is 0.712. The van der Waals surface area contributed by atoms with Crippen molar-refractivity contribution in [3.63, 3.8) is 0 Å². The van der Waals surface area contributed by atoms with E-state index in [0.717, 1.165) is 34.8 Å². The maximum Gasteiger partial charge on any atom is 0.130 e. The van der Waals surface area contributed by atoms with Gasteiger partial charge in [-0.15, -0.1) is 0 Å². The van der Waals surface area contributed by atoms with Crippen molar-refractivity contribution in [3.8, 4) is 17.2 Å². The molecule has 0 atom stereocenters. The van der Waals surface area contributed by atoms with E-state index in [1.807, 2.05) is 36.4 Å². The van der Waals surface area contributed by atoms with Crippen LogP contribution in [-0.2, 0) is 13.0 Å². The molecule has 1 aliphatic heterocycles. The van der Waals surface area contributed by atoms with Gasteiger partial charge in [-0.2, -0.15) is 0 Å². The fraction of sp³-hybridized carbons (Fsp3) is 0.333. The van der Waals surface area contributed by atoms with Crippen molar-refractivity contribution in [2.24, 2.45) is 0 Å². The summed E-state index contributed by atoms with van der Waals surface area (Å²) in [7, 11) is 1.64. The Hall–Kier alpha value is -1.87. The monoisotopic (exact) mass is 318 g/mol. The Bertz CT molecular complexity index is 695. The summed E-state index contributed by atoms with van der Waals surface area (Å²) in [4.78, 5) is 0. The molecule has 3 nitrogen and oxygen atoms in total.